The van der Waals surface area contributed by atoms with Crippen LogP contribution < -0.4 is 4.90 Å². The molecule has 0 atom stereocenters. The van der Waals surface area contributed by atoms with Gasteiger partial charge in [-0.1, -0.05) is 140 Å². The molecular weight excluding hydrogens is 685 g/mol. The molecular formula is C52H34N2S. The molecule has 0 N–H and O–H groups in total. The predicted molar refractivity (Wildman–Crippen MR) is 236 cm³/mol. The first-order valence-corrected chi connectivity index (χ1v) is 19.6. The Morgan fingerprint density at radius 2 is 1.04 bits per heavy atom. The molecule has 0 saturated heterocycles. The molecule has 2 heterocycles. The summed E-state index contributed by atoms with van der Waals surface area (Å²) < 4.78 is 2.55. The first kappa shape index (κ1) is 31.7. The fraction of sp³-hybridized carbons (Fsp3) is 0.0192. The van der Waals surface area contributed by atoms with E-state index in [0.29, 0.717) is 0 Å². The summed E-state index contributed by atoms with van der Waals surface area (Å²) in [7, 11) is 0. The minimum absolute atomic E-state index is 0.850. The van der Waals surface area contributed by atoms with E-state index in [9.17, 15) is 0 Å². The second-order valence-electron chi connectivity index (χ2n) is 14.4. The third-order valence-corrected chi connectivity index (χ3v) is 12.1. The molecule has 0 bridgehead atoms. The molecule has 55 heavy (non-hydrogen) atoms. The number of hydrogen-bond acceptors (Lipinski definition) is 3. The molecule has 2 nitrogen and oxygen atoms in total. The van der Waals surface area contributed by atoms with Crippen molar-refractivity contribution in [1.82, 2.24) is 0 Å². The van der Waals surface area contributed by atoms with E-state index in [0.717, 1.165) is 34.9 Å². The fourth-order valence-corrected chi connectivity index (χ4v) is 9.44. The van der Waals surface area contributed by atoms with Crippen molar-refractivity contribution in [2.45, 2.75) is 6.42 Å². The molecule has 9 aromatic carbocycles. The second-order valence-corrected chi connectivity index (χ2v) is 15.5. The number of anilines is 3. The first-order chi connectivity index (χ1) is 27.2. The van der Waals surface area contributed by atoms with Crippen LogP contribution in [0, 0.1) is 0 Å². The molecule has 0 saturated carbocycles. The van der Waals surface area contributed by atoms with E-state index >= 15 is 0 Å². The van der Waals surface area contributed by atoms with Crippen LogP contribution in [0.25, 0.3) is 64.0 Å². The summed E-state index contributed by atoms with van der Waals surface area (Å²) in [5.74, 6) is 0. The average Bonchev–Trinajstić information content (AvgIpc) is 3.85. The van der Waals surface area contributed by atoms with Crippen LogP contribution in [0.2, 0.25) is 0 Å². The number of fused-ring (bicyclic) bond motifs is 6. The summed E-state index contributed by atoms with van der Waals surface area (Å²) in [6.07, 6.45) is 0.850. The Hall–Kier alpha value is -6.81. The van der Waals surface area contributed by atoms with Gasteiger partial charge in [-0.25, -0.2) is 0 Å². The van der Waals surface area contributed by atoms with Gasteiger partial charge in [0.25, 0.3) is 0 Å². The lowest BCUT2D eigenvalue weighted by atomic mass is 9.97. The molecule has 1 aliphatic rings. The van der Waals surface area contributed by atoms with Crippen LogP contribution >= 0.6 is 11.3 Å². The molecule has 0 unspecified atom stereocenters. The zero-order valence-corrected chi connectivity index (χ0v) is 30.8. The largest absolute Gasteiger partial charge is 0.310 e. The molecule has 0 amide bonds. The predicted octanol–water partition coefficient (Wildman–Crippen LogP) is 14.8. The Morgan fingerprint density at radius 3 is 1.80 bits per heavy atom. The highest BCUT2D eigenvalue weighted by Gasteiger charge is 2.23. The van der Waals surface area contributed by atoms with Gasteiger partial charge in [0, 0.05) is 38.0 Å². The number of benzene rings is 9. The van der Waals surface area contributed by atoms with Gasteiger partial charge in [-0.2, -0.15) is 0 Å². The van der Waals surface area contributed by atoms with Crippen LogP contribution in [0.5, 0.6) is 0 Å². The van der Waals surface area contributed by atoms with Crippen molar-refractivity contribution in [1.29, 1.82) is 0 Å². The van der Waals surface area contributed by atoms with E-state index in [1.54, 1.807) is 0 Å². The van der Waals surface area contributed by atoms with Gasteiger partial charge in [-0.05, 0) is 110 Å². The Balaban J connectivity index is 1.16. The van der Waals surface area contributed by atoms with Crippen molar-refractivity contribution in [3.63, 3.8) is 0 Å². The second kappa shape index (κ2) is 12.9. The zero-order chi connectivity index (χ0) is 36.3. The van der Waals surface area contributed by atoms with Crippen LogP contribution in [0.3, 0.4) is 0 Å². The third kappa shape index (κ3) is 5.60. The maximum Gasteiger partial charge on any atom is 0.0675 e. The van der Waals surface area contributed by atoms with E-state index in [-0.39, 0.29) is 0 Å². The Kier molecular flexibility index (Phi) is 7.46. The summed E-state index contributed by atoms with van der Waals surface area (Å²) in [6.45, 7) is 0. The summed E-state index contributed by atoms with van der Waals surface area (Å²) in [4.78, 5) is 7.63. The number of nitrogens with zero attached hydrogens (tertiary/aromatic N) is 2. The van der Waals surface area contributed by atoms with Gasteiger partial charge in [-0.15, -0.1) is 11.3 Å². The summed E-state index contributed by atoms with van der Waals surface area (Å²) in [6, 6.07) is 70.8. The molecule has 10 aromatic rings. The smallest absolute Gasteiger partial charge is 0.0675 e. The highest BCUT2D eigenvalue weighted by Crippen LogP contribution is 2.49. The van der Waals surface area contributed by atoms with Crippen LogP contribution in [0.15, 0.2) is 199 Å². The summed E-state index contributed by atoms with van der Waals surface area (Å²) >= 11 is 1.88. The molecule has 0 spiro atoms. The van der Waals surface area contributed by atoms with Crippen molar-refractivity contribution in [2.24, 2.45) is 4.99 Å². The number of thiophene rings is 1. The third-order valence-electron chi connectivity index (χ3n) is 11.0. The number of aliphatic imine (C=N–C) groups is 1. The van der Waals surface area contributed by atoms with Gasteiger partial charge >= 0.3 is 0 Å². The standard InChI is InChI=1S/C52H34N2S/c1-3-11-34(12-4-1)36-21-24-44(25-22-36)54(45-26-23-35-13-7-8-16-38(35)27-45)49-31-43(33-51-52(49)46-28-39-17-9-10-18-40(39)32-50(46)55-51)41-19-20-42-30-47(53-48(42)29-41)37-14-5-2-6-15-37/h1-29,31-33H,30H2. The van der Waals surface area contributed by atoms with Crippen LogP contribution in [0.1, 0.15) is 11.1 Å². The Morgan fingerprint density at radius 1 is 0.418 bits per heavy atom. The lowest BCUT2D eigenvalue weighted by Crippen LogP contribution is -2.10. The van der Waals surface area contributed by atoms with Crippen molar-refractivity contribution in [3.05, 3.63) is 205 Å². The highest BCUT2D eigenvalue weighted by atomic mass is 32.1. The van der Waals surface area contributed by atoms with Gasteiger partial charge in [0.05, 0.1) is 17.1 Å². The van der Waals surface area contributed by atoms with Gasteiger partial charge in [0.15, 0.2) is 0 Å². The van der Waals surface area contributed by atoms with Crippen LogP contribution in [-0.2, 0) is 6.42 Å². The normalized spacial score (nSPS) is 12.4. The minimum atomic E-state index is 0.850. The maximum absolute atomic E-state index is 5.16. The average molecular weight is 719 g/mol. The van der Waals surface area contributed by atoms with E-state index < -0.39 is 0 Å². The van der Waals surface area contributed by atoms with E-state index in [1.165, 1.54) is 75.1 Å². The monoisotopic (exact) mass is 718 g/mol. The van der Waals surface area contributed by atoms with E-state index in [4.69, 9.17) is 4.99 Å². The van der Waals surface area contributed by atoms with Crippen molar-refractivity contribution in [2.75, 3.05) is 4.90 Å². The van der Waals surface area contributed by atoms with Crippen LogP contribution in [0.4, 0.5) is 22.7 Å². The summed E-state index contributed by atoms with van der Waals surface area (Å²) in [5, 5.41) is 7.49. The van der Waals surface area contributed by atoms with Gasteiger partial charge in [-0.3, -0.25) is 4.99 Å². The Labute approximate surface area is 323 Å². The highest BCUT2D eigenvalue weighted by molar-refractivity contribution is 7.26. The van der Waals surface area contributed by atoms with Crippen molar-refractivity contribution in [3.8, 4) is 22.3 Å². The van der Waals surface area contributed by atoms with Crippen LogP contribution in [-0.4, -0.2) is 5.71 Å². The number of rotatable bonds is 6. The van der Waals surface area contributed by atoms with E-state index in [2.05, 4.69) is 199 Å². The topological polar surface area (TPSA) is 15.6 Å². The molecule has 1 aromatic heterocycles. The zero-order valence-electron chi connectivity index (χ0n) is 30.0. The van der Waals surface area contributed by atoms with Gasteiger partial charge < -0.3 is 4.90 Å². The maximum atomic E-state index is 5.16. The molecule has 0 aliphatic carbocycles. The lowest BCUT2D eigenvalue weighted by Gasteiger charge is -2.28. The van der Waals surface area contributed by atoms with Gasteiger partial charge in [0.2, 0.25) is 0 Å². The van der Waals surface area contributed by atoms with E-state index in [1.807, 2.05) is 11.3 Å². The molecule has 11 rings (SSSR count). The quantitative estimate of drug-likeness (QED) is 0.167. The first-order valence-electron chi connectivity index (χ1n) is 18.8. The molecule has 0 fully saturated rings. The minimum Gasteiger partial charge on any atom is -0.310 e. The lowest BCUT2D eigenvalue weighted by molar-refractivity contribution is 1.31. The summed E-state index contributed by atoms with van der Waals surface area (Å²) in [5.41, 5.74) is 12.8. The van der Waals surface area contributed by atoms with Crippen molar-refractivity contribution < 1.29 is 0 Å². The molecule has 3 heteroatoms. The fourth-order valence-electron chi connectivity index (χ4n) is 8.25. The van der Waals surface area contributed by atoms with Gasteiger partial charge in [0.1, 0.15) is 0 Å². The molecule has 258 valence electrons. The molecule has 0 radical (unpaired) electrons. The number of hydrogen-bond donors (Lipinski definition) is 0. The SMILES string of the molecule is c1ccc(C2=Nc3cc(-c4cc(N(c5ccc(-c6ccccc6)cc5)c5ccc6ccccc6c5)c5c(c4)sc4cc6ccccc6cc45)ccc3C2)cc1. The molecule has 1 aliphatic heterocycles. The van der Waals surface area contributed by atoms with Crippen molar-refractivity contribution >= 4 is 81.5 Å². The Bertz CT molecular complexity index is 3100.